The van der Waals surface area contributed by atoms with Gasteiger partial charge in [0, 0.05) is 44.0 Å². The van der Waals surface area contributed by atoms with Crippen LogP contribution in [0, 0.1) is 6.92 Å². The molecule has 35 heavy (non-hydrogen) atoms. The number of anilines is 1. The Balaban J connectivity index is 1.32. The van der Waals surface area contributed by atoms with Gasteiger partial charge in [-0.05, 0) is 45.0 Å². The first-order valence-corrected chi connectivity index (χ1v) is 13.0. The molecule has 0 spiro atoms. The number of hydrogen-bond donors (Lipinski definition) is 1. The second-order valence-electron chi connectivity index (χ2n) is 8.64. The number of hydrogen-bond acceptors (Lipinski definition) is 6. The van der Waals surface area contributed by atoms with Crippen LogP contribution in [0.2, 0.25) is 0 Å². The molecule has 3 aromatic rings. The van der Waals surface area contributed by atoms with Crippen LogP contribution in [0.15, 0.2) is 59.8 Å². The summed E-state index contributed by atoms with van der Waals surface area (Å²) in [4.78, 5) is 29.8. The number of nitrogens with one attached hydrogen (secondary N) is 1. The lowest BCUT2D eigenvalue weighted by molar-refractivity contribution is -0.128. The number of aryl methyl sites for hydroxylation is 1. The van der Waals surface area contributed by atoms with E-state index >= 15 is 0 Å². The average Bonchev–Trinajstić information content (AvgIpc) is 3.31. The summed E-state index contributed by atoms with van der Waals surface area (Å²) in [5.74, 6) is 0.953. The smallest absolute Gasteiger partial charge is 0.251 e. The van der Waals surface area contributed by atoms with Crippen molar-refractivity contribution in [1.29, 1.82) is 0 Å². The summed E-state index contributed by atoms with van der Waals surface area (Å²) in [5.41, 5.74) is 2.85. The minimum absolute atomic E-state index is 0.107. The minimum atomic E-state index is -0.313. The van der Waals surface area contributed by atoms with Crippen LogP contribution in [-0.4, -0.2) is 63.4 Å². The van der Waals surface area contributed by atoms with Crippen molar-refractivity contribution in [1.82, 2.24) is 25.0 Å². The fourth-order valence-corrected chi connectivity index (χ4v) is 5.14. The zero-order valence-electron chi connectivity index (χ0n) is 20.5. The van der Waals surface area contributed by atoms with E-state index in [1.807, 2.05) is 66.6 Å². The summed E-state index contributed by atoms with van der Waals surface area (Å²) < 4.78 is 1.96. The van der Waals surface area contributed by atoms with Gasteiger partial charge in [0.1, 0.15) is 0 Å². The highest BCUT2D eigenvalue weighted by atomic mass is 32.2. The molecule has 1 atom stereocenters. The summed E-state index contributed by atoms with van der Waals surface area (Å²) >= 11 is 1.40. The Morgan fingerprint density at radius 3 is 2.46 bits per heavy atom. The summed E-state index contributed by atoms with van der Waals surface area (Å²) in [7, 11) is 0. The summed E-state index contributed by atoms with van der Waals surface area (Å²) in [6.07, 6.45) is 0. The van der Waals surface area contributed by atoms with Crippen molar-refractivity contribution in [2.45, 2.75) is 38.5 Å². The molecule has 1 aromatic heterocycles. The number of para-hydroxylation sites is 1. The Kier molecular flexibility index (Phi) is 8.07. The summed E-state index contributed by atoms with van der Waals surface area (Å²) in [6.45, 7) is 9.60. The molecule has 4 rings (SSSR count). The number of carbonyl (C=O) groups is 2. The van der Waals surface area contributed by atoms with Gasteiger partial charge in [0.25, 0.3) is 5.91 Å². The number of nitrogens with zero attached hydrogens (tertiary/aromatic N) is 5. The van der Waals surface area contributed by atoms with Crippen LogP contribution in [0.25, 0.3) is 0 Å². The molecule has 0 aliphatic carbocycles. The molecule has 1 fully saturated rings. The van der Waals surface area contributed by atoms with Crippen LogP contribution in [0.4, 0.5) is 5.69 Å². The highest BCUT2D eigenvalue weighted by Gasteiger charge is 2.24. The van der Waals surface area contributed by atoms with Crippen molar-refractivity contribution in [2.24, 2.45) is 0 Å². The van der Waals surface area contributed by atoms with Gasteiger partial charge in [0.15, 0.2) is 11.0 Å². The number of rotatable bonds is 8. The quantitative estimate of drug-likeness (QED) is 0.485. The number of aromatic nitrogens is 3. The Labute approximate surface area is 210 Å². The number of piperazine rings is 1. The zero-order valence-corrected chi connectivity index (χ0v) is 21.3. The van der Waals surface area contributed by atoms with E-state index in [1.54, 1.807) is 6.07 Å². The predicted octanol–water partition coefficient (Wildman–Crippen LogP) is 3.54. The third-order valence-corrected chi connectivity index (χ3v) is 7.11. The lowest BCUT2D eigenvalue weighted by Crippen LogP contribution is -2.49. The van der Waals surface area contributed by atoms with Crippen molar-refractivity contribution < 1.29 is 9.59 Å². The molecule has 0 radical (unpaired) electrons. The van der Waals surface area contributed by atoms with Gasteiger partial charge in [-0.15, -0.1) is 10.2 Å². The Hall–Kier alpha value is -3.33. The second-order valence-corrected chi connectivity index (χ2v) is 9.58. The molecule has 8 nitrogen and oxygen atoms in total. The summed E-state index contributed by atoms with van der Waals surface area (Å²) in [6, 6.07) is 17.5. The number of carbonyl (C=O) groups excluding carboxylic acids is 2. The fourth-order valence-electron chi connectivity index (χ4n) is 4.23. The van der Waals surface area contributed by atoms with E-state index in [4.69, 9.17) is 0 Å². The van der Waals surface area contributed by atoms with Crippen molar-refractivity contribution in [3.8, 4) is 0 Å². The molecule has 2 amide bonds. The molecular weight excluding hydrogens is 460 g/mol. The third kappa shape index (κ3) is 6.03. The number of amides is 2. The first-order chi connectivity index (χ1) is 17.0. The van der Waals surface area contributed by atoms with Crippen LogP contribution in [-0.2, 0) is 11.3 Å². The topological polar surface area (TPSA) is 83.4 Å². The maximum atomic E-state index is 12.9. The molecule has 0 bridgehead atoms. The molecule has 9 heteroatoms. The predicted molar refractivity (Wildman–Crippen MR) is 139 cm³/mol. The largest absolute Gasteiger partial charge is 0.368 e. The second kappa shape index (κ2) is 11.4. The first-order valence-electron chi connectivity index (χ1n) is 12.0. The highest BCUT2D eigenvalue weighted by Crippen LogP contribution is 2.22. The van der Waals surface area contributed by atoms with Gasteiger partial charge in [-0.3, -0.25) is 9.59 Å². The van der Waals surface area contributed by atoms with E-state index in [1.165, 1.54) is 17.4 Å². The molecule has 184 valence electrons. The normalized spacial score (nSPS) is 14.6. The van der Waals surface area contributed by atoms with Gasteiger partial charge in [-0.1, -0.05) is 47.7 Å². The van der Waals surface area contributed by atoms with E-state index in [9.17, 15) is 9.59 Å². The monoisotopic (exact) mass is 492 g/mol. The maximum Gasteiger partial charge on any atom is 0.251 e. The van der Waals surface area contributed by atoms with Gasteiger partial charge in [-0.2, -0.15) is 0 Å². The lowest BCUT2D eigenvalue weighted by Gasteiger charge is -2.36. The van der Waals surface area contributed by atoms with Crippen LogP contribution >= 0.6 is 11.8 Å². The van der Waals surface area contributed by atoms with Crippen molar-refractivity contribution >= 4 is 29.3 Å². The standard InChI is InChI=1S/C26H32N6O2S/c1-4-32-24(20(3)27-25(34)21-10-8-9-19(2)17-21)28-29-26(32)35-18-23(33)31-15-13-30(14-16-31)22-11-6-5-7-12-22/h5-12,17,20H,4,13-16,18H2,1-3H3,(H,27,34)/t20-/m0/s1. The van der Waals surface area contributed by atoms with Gasteiger partial charge in [0.05, 0.1) is 11.8 Å². The SMILES string of the molecule is CCn1c(SCC(=O)N2CCN(c3ccccc3)CC2)nnc1[C@H](C)NC(=O)c1cccc(C)c1. The molecule has 0 saturated carbocycles. The zero-order chi connectivity index (χ0) is 24.8. The first kappa shape index (κ1) is 24.8. The van der Waals surface area contributed by atoms with Gasteiger partial charge < -0.3 is 19.7 Å². The lowest BCUT2D eigenvalue weighted by atomic mass is 10.1. The Bertz CT molecular complexity index is 1160. The van der Waals surface area contributed by atoms with Gasteiger partial charge >= 0.3 is 0 Å². The van der Waals surface area contributed by atoms with Crippen LogP contribution in [0.5, 0.6) is 0 Å². The van der Waals surface area contributed by atoms with E-state index in [0.717, 1.165) is 18.7 Å². The molecular formula is C26H32N6O2S. The maximum absolute atomic E-state index is 12.9. The molecule has 1 saturated heterocycles. The van der Waals surface area contributed by atoms with Crippen LogP contribution in [0.3, 0.4) is 0 Å². The molecule has 1 N–H and O–H groups in total. The fraction of sp³-hybridized carbons (Fsp3) is 0.385. The minimum Gasteiger partial charge on any atom is -0.368 e. The summed E-state index contributed by atoms with van der Waals surface area (Å²) in [5, 5.41) is 12.3. The molecule has 1 aliphatic heterocycles. The van der Waals surface area contributed by atoms with Crippen molar-refractivity contribution in [3.63, 3.8) is 0 Å². The van der Waals surface area contributed by atoms with Gasteiger partial charge in [0.2, 0.25) is 5.91 Å². The van der Waals surface area contributed by atoms with E-state index in [0.29, 0.717) is 41.9 Å². The van der Waals surface area contributed by atoms with E-state index in [-0.39, 0.29) is 17.9 Å². The number of benzene rings is 2. The van der Waals surface area contributed by atoms with Gasteiger partial charge in [-0.25, -0.2) is 0 Å². The Morgan fingerprint density at radius 2 is 1.77 bits per heavy atom. The molecule has 2 heterocycles. The number of thioether (sulfide) groups is 1. The van der Waals surface area contributed by atoms with Crippen LogP contribution in [0.1, 0.15) is 41.6 Å². The molecule has 2 aromatic carbocycles. The average molecular weight is 493 g/mol. The molecule has 0 unspecified atom stereocenters. The Morgan fingerprint density at radius 1 is 1.03 bits per heavy atom. The van der Waals surface area contributed by atoms with Crippen LogP contribution < -0.4 is 10.2 Å². The highest BCUT2D eigenvalue weighted by molar-refractivity contribution is 7.99. The van der Waals surface area contributed by atoms with Crippen molar-refractivity contribution in [2.75, 3.05) is 36.8 Å². The molecule has 1 aliphatic rings. The third-order valence-electron chi connectivity index (χ3n) is 6.16. The van der Waals surface area contributed by atoms with E-state index < -0.39 is 0 Å². The van der Waals surface area contributed by atoms with E-state index in [2.05, 4.69) is 32.5 Å². The van der Waals surface area contributed by atoms with Crippen molar-refractivity contribution in [3.05, 3.63) is 71.5 Å².